The van der Waals surface area contributed by atoms with Crippen molar-refractivity contribution in [2.45, 2.75) is 43.9 Å². The number of carbonyl (C=O) groups is 1. The summed E-state index contributed by atoms with van der Waals surface area (Å²) in [5.74, 6) is 0.932. The van der Waals surface area contributed by atoms with E-state index in [-0.39, 0.29) is 5.41 Å². The minimum Gasteiger partial charge on any atom is -0.306 e. The van der Waals surface area contributed by atoms with Gasteiger partial charge in [-0.25, -0.2) is 0 Å². The molecule has 2 unspecified atom stereocenters. The van der Waals surface area contributed by atoms with Crippen LogP contribution in [0.25, 0.3) is 0 Å². The Morgan fingerprint density at radius 2 is 2.20 bits per heavy atom. The number of likely N-dealkylation sites (tertiary alicyclic amines) is 1. The fourth-order valence-electron chi connectivity index (χ4n) is 4.23. The Hall–Kier alpha value is -1.22. The Balaban J connectivity index is 2.01. The van der Waals surface area contributed by atoms with E-state index < -0.39 is 0 Å². The third-order valence-electron chi connectivity index (χ3n) is 5.62. The normalized spacial score (nSPS) is 29.1. The number of rotatable bonds is 2. The van der Waals surface area contributed by atoms with Gasteiger partial charge in [-0.3, -0.25) is 4.98 Å². The van der Waals surface area contributed by atoms with Gasteiger partial charge < -0.3 is 9.69 Å². The third-order valence-corrected chi connectivity index (χ3v) is 5.62. The smallest absolute Gasteiger partial charge is 0.120 e. The van der Waals surface area contributed by atoms with Crippen molar-refractivity contribution in [3.05, 3.63) is 29.6 Å². The van der Waals surface area contributed by atoms with E-state index >= 15 is 0 Å². The number of hydrogen-bond acceptors (Lipinski definition) is 3. The van der Waals surface area contributed by atoms with E-state index in [1.165, 1.54) is 24.0 Å². The molecular formula is C17H24N2O. The average molecular weight is 272 g/mol. The van der Waals surface area contributed by atoms with E-state index in [0.29, 0.717) is 18.3 Å². The molecule has 3 nitrogen and oxygen atoms in total. The first-order valence-corrected chi connectivity index (χ1v) is 7.73. The summed E-state index contributed by atoms with van der Waals surface area (Å²) in [5.41, 5.74) is 3.18. The standard InChI is InChI=1S/C17H24N2O/c1-13-14(4-10-20)11-17(5-8-19(2)9-6-17)16-3-7-18-12-15(13)16/h3,7,10,12-14H,4-6,8-9,11H2,1-2H3. The number of fused-ring (bicyclic) bond motifs is 2. The highest BCUT2D eigenvalue weighted by Gasteiger charge is 2.44. The molecule has 20 heavy (non-hydrogen) atoms. The van der Waals surface area contributed by atoms with Crippen LogP contribution in [0.2, 0.25) is 0 Å². The van der Waals surface area contributed by atoms with Crippen molar-refractivity contribution in [1.29, 1.82) is 0 Å². The third kappa shape index (κ3) is 2.18. The quantitative estimate of drug-likeness (QED) is 0.776. The molecule has 3 rings (SSSR count). The number of aldehydes is 1. The van der Waals surface area contributed by atoms with Crippen LogP contribution in [0.5, 0.6) is 0 Å². The molecule has 3 heteroatoms. The first-order valence-electron chi connectivity index (χ1n) is 7.73. The minimum atomic E-state index is 0.283. The van der Waals surface area contributed by atoms with Crippen LogP contribution >= 0.6 is 0 Å². The summed E-state index contributed by atoms with van der Waals surface area (Å²) >= 11 is 0. The Morgan fingerprint density at radius 1 is 1.45 bits per heavy atom. The summed E-state index contributed by atoms with van der Waals surface area (Å²) < 4.78 is 0. The van der Waals surface area contributed by atoms with E-state index in [1.54, 1.807) is 0 Å². The predicted octanol–water partition coefficient (Wildman–Crippen LogP) is 2.76. The molecule has 0 N–H and O–H groups in total. The largest absolute Gasteiger partial charge is 0.306 e. The second kappa shape index (κ2) is 5.28. The Bertz CT molecular complexity index is 492. The number of aromatic nitrogens is 1. The zero-order valence-corrected chi connectivity index (χ0v) is 12.5. The molecule has 0 radical (unpaired) electrons. The Kier molecular flexibility index (Phi) is 3.63. The Labute approximate surface area is 121 Å². The van der Waals surface area contributed by atoms with Crippen molar-refractivity contribution in [2.24, 2.45) is 5.92 Å². The molecule has 108 valence electrons. The van der Waals surface area contributed by atoms with Crippen LogP contribution in [-0.2, 0) is 10.2 Å². The van der Waals surface area contributed by atoms with Crippen LogP contribution in [0.3, 0.4) is 0 Å². The van der Waals surface area contributed by atoms with E-state index in [2.05, 4.69) is 29.9 Å². The van der Waals surface area contributed by atoms with Gasteiger partial charge in [-0.2, -0.15) is 0 Å². The highest BCUT2D eigenvalue weighted by Crippen LogP contribution is 2.51. The van der Waals surface area contributed by atoms with Crippen molar-refractivity contribution >= 4 is 6.29 Å². The molecular weight excluding hydrogens is 248 g/mol. The molecule has 2 atom stereocenters. The van der Waals surface area contributed by atoms with Gasteiger partial charge in [-0.15, -0.1) is 0 Å². The molecule has 1 fully saturated rings. The van der Waals surface area contributed by atoms with Crippen LogP contribution in [0.15, 0.2) is 18.5 Å². The minimum absolute atomic E-state index is 0.283. The summed E-state index contributed by atoms with van der Waals surface area (Å²) in [6.07, 6.45) is 9.35. The molecule has 2 heterocycles. The van der Waals surface area contributed by atoms with Gasteiger partial charge in [0.2, 0.25) is 0 Å². The maximum atomic E-state index is 11.0. The van der Waals surface area contributed by atoms with Gasteiger partial charge in [0.05, 0.1) is 0 Å². The molecule has 1 spiro atoms. The fourth-order valence-corrected chi connectivity index (χ4v) is 4.23. The Morgan fingerprint density at radius 3 is 2.90 bits per heavy atom. The average Bonchev–Trinajstić information content (AvgIpc) is 2.48. The monoisotopic (exact) mass is 272 g/mol. The maximum absolute atomic E-state index is 11.0. The summed E-state index contributed by atoms with van der Waals surface area (Å²) in [6.45, 7) is 4.57. The maximum Gasteiger partial charge on any atom is 0.120 e. The molecule has 0 saturated carbocycles. The second-order valence-electron chi connectivity index (χ2n) is 6.70. The van der Waals surface area contributed by atoms with Crippen LogP contribution in [0.4, 0.5) is 0 Å². The second-order valence-corrected chi connectivity index (χ2v) is 6.70. The SMILES string of the molecule is CC1c2cnccc2C2(CCN(C)CC2)CC1CC=O. The van der Waals surface area contributed by atoms with Gasteiger partial charge >= 0.3 is 0 Å². The lowest BCUT2D eigenvalue weighted by atomic mass is 9.59. The first-order chi connectivity index (χ1) is 9.66. The van der Waals surface area contributed by atoms with E-state index in [9.17, 15) is 4.79 Å². The highest BCUT2D eigenvalue weighted by molar-refractivity contribution is 5.51. The fraction of sp³-hybridized carbons (Fsp3) is 0.647. The first kappa shape index (κ1) is 13.7. The zero-order chi connectivity index (χ0) is 14.2. The topological polar surface area (TPSA) is 33.2 Å². The summed E-state index contributed by atoms with van der Waals surface area (Å²) in [4.78, 5) is 17.8. The highest BCUT2D eigenvalue weighted by atomic mass is 16.1. The molecule has 1 aliphatic carbocycles. The van der Waals surface area contributed by atoms with Crippen molar-refractivity contribution in [3.8, 4) is 0 Å². The van der Waals surface area contributed by atoms with Crippen LogP contribution < -0.4 is 0 Å². The van der Waals surface area contributed by atoms with Gasteiger partial charge in [0, 0.05) is 18.8 Å². The lowest BCUT2D eigenvalue weighted by Gasteiger charge is -2.48. The van der Waals surface area contributed by atoms with Crippen LogP contribution in [-0.4, -0.2) is 36.3 Å². The number of nitrogens with zero attached hydrogens (tertiary/aromatic N) is 2. The van der Waals surface area contributed by atoms with Crippen LogP contribution in [0.1, 0.15) is 49.7 Å². The summed E-state index contributed by atoms with van der Waals surface area (Å²) in [5, 5.41) is 0. The van der Waals surface area contributed by atoms with Crippen molar-refractivity contribution in [1.82, 2.24) is 9.88 Å². The zero-order valence-electron chi connectivity index (χ0n) is 12.5. The number of pyridine rings is 1. The number of piperidine rings is 1. The molecule has 0 amide bonds. The summed E-state index contributed by atoms with van der Waals surface area (Å²) in [7, 11) is 2.20. The predicted molar refractivity (Wildman–Crippen MR) is 79.8 cm³/mol. The van der Waals surface area contributed by atoms with Crippen molar-refractivity contribution in [2.75, 3.05) is 20.1 Å². The van der Waals surface area contributed by atoms with Gasteiger partial charge in [-0.1, -0.05) is 6.92 Å². The van der Waals surface area contributed by atoms with Crippen molar-refractivity contribution < 1.29 is 4.79 Å². The molecule has 1 aromatic rings. The van der Waals surface area contributed by atoms with E-state index in [0.717, 1.165) is 25.8 Å². The van der Waals surface area contributed by atoms with E-state index in [4.69, 9.17) is 0 Å². The molecule has 0 aromatic carbocycles. The molecule has 0 bridgehead atoms. The molecule has 1 aliphatic heterocycles. The molecule has 1 aromatic heterocycles. The number of hydrogen-bond donors (Lipinski definition) is 0. The lowest BCUT2D eigenvalue weighted by Crippen LogP contribution is -2.45. The van der Waals surface area contributed by atoms with Crippen molar-refractivity contribution in [3.63, 3.8) is 0 Å². The molecule has 1 saturated heterocycles. The van der Waals surface area contributed by atoms with Gasteiger partial charge in [-0.05, 0) is 73.8 Å². The molecule has 2 aliphatic rings. The van der Waals surface area contributed by atoms with E-state index in [1.807, 2.05) is 12.4 Å². The number of carbonyl (C=O) groups excluding carboxylic acids is 1. The van der Waals surface area contributed by atoms with Crippen LogP contribution in [0, 0.1) is 5.92 Å². The lowest BCUT2D eigenvalue weighted by molar-refractivity contribution is -0.109. The summed E-state index contributed by atoms with van der Waals surface area (Å²) in [6, 6.07) is 2.23. The van der Waals surface area contributed by atoms with Gasteiger partial charge in [0.15, 0.2) is 0 Å². The van der Waals surface area contributed by atoms with Gasteiger partial charge in [0.1, 0.15) is 6.29 Å². The van der Waals surface area contributed by atoms with Gasteiger partial charge in [0.25, 0.3) is 0 Å².